The number of hydrogen-bond acceptors (Lipinski definition) is 5. The highest BCUT2D eigenvalue weighted by molar-refractivity contribution is 5.49. The standard InChI is InChI=1S/C11H14N2O4/c14-10-3-2-8(6-9(10)13(16)17)11(15)4-1-5-12-7-11/h2-3,6,12,14-15H,1,4-5,7H2. The summed E-state index contributed by atoms with van der Waals surface area (Å²) in [5, 5.41) is 33.5. The molecule has 6 heteroatoms. The number of nitro benzene ring substituents is 1. The number of hydrogen-bond donors (Lipinski definition) is 3. The van der Waals surface area contributed by atoms with Crippen molar-refractivity contribution in [2.45, 2.75) is 18.4 Å². The molecule has 1 aromatic carbocycles. The minimum absolute atomic E-state index is 0.370. The summed E-state index contributed by atoms with van der Waals surface area (Å²) in [4.78, 5) is 10.1. The average Bonchev–Trinajstić information content (AvgIpc) is 2.30. The molecule has 0 spiro atoms. The van der Waals surface area contributed by atoms with Gasteiger partial charge in [0.2, 0.25) is 0 Å². The number of piperidine rings is 1. The molecule has 3 N–H and O–H groups in total. The van der Waals surface area contributed by atoms with E-state index in [1.165, 1.54) is 18.2 Å². The maximum atomic E-state index is 10.7. The van der Waals surface area contributed by atoms with Gasteiger partial charge in [-0.1, -0.05) is 6.07 Å². The van der Waals surface area contributed by atoms with Crippen molar-refractivity contribution in [3.63, 3.8) is 0 Å². The third-order valence-corrected chi connectivity index (χ3v) is 3.07. The predicted molar refractivity (Wildman–Crippen MR) is 60.8 cm³/mol. The maximum Gasteiger partial charge on any atom is 0.311 e. The van der Waals surface area contributed by atoms with Crippen molar-refractivity contribution in [1.29, 1.82) is 0 Å². The van der Waals surface area contributed by atoms with Crippen LogP contribution in [0, 0.1) is 10.1 Å². The largest absolute Gasteiger partial charge is 0.502 e. The second-order valence-corrected chi connectivity index (χ2v) is 4.27. The van der Waals surface area contributed by atoms with Crippen molar-refractivity contribution in [2.24, 2.45) is 0 Å². The van der Waals surface area contributed by atoms with Gasteiger partial charge in [0.15, 0.2) is 5.75 Å². The minimum Gasteiger partial charge on any atom is -0.502 e. The summed E-state index contributed by atoms with van der Waals surface area (Å²) < 4.78 is 0. The molecule has 0 amide bonds. The molecule has 1 aliphatic rings. The number of nitrogens with zero attached hydrogens (tertiary/aromatic N) is 1. The maximum absolute atomic E-state index is 10.7. The lowest BCUT2D eigenvalue weighted by atomic mass is 9.86. The molecule has 0 aliphatic carbocycles. The van der Waals surface area contributed by atoms with Gasteiger partial charge in [-0.3, -0.25) is 10.1 Å². The summed E-state index contributed by atoms with van der Waals surface area (Å²) in [6.45, 7) is 1.21. The lowest BCUT2D eigenvalue weighted by molar-refractivity contribution is -0.386. The van der Waals surface area contributed by atoms with Crippen LogP contribution >= 0.6 is 0 Å². The number of benzene rings is 1. The second-order valence-electron chi connectivity index (χ2n) is 4.27. The van der Waals surface area contributed by atoms with Crippen molar-refractivity contribution in [3.8, 4) is 5.75 Å². The molecule has 1 atom stereocenters. The fourth-order valence-electron chi connectivity index (χ4n) is 2.09. The Bertz CT molecular complexity index is 441. The number of β-amino-alcohol motifs (C(OH)–C–C–N with tert-alkyl or cyclic N) is 1. The van der Waals surface area contributed by atoms with Gasteiger partial charge >= 0.3 is 5.69 Å². The first-order valence-electron chi connectivity index (χ1n) is 5.44. The molecule has 0 radical (unpaired) electrons. The summed E-state index contributed by atoms with van der Waals surface area (Å²) in [5.41, 5.74) is -0.993. The van der Waals surface area contributed by atoms with Crippen LogP contribution in [0.15, 0.2) is 18.2 Å². The SMILES string of the molecule is O=[N+]([O-])c1cc(C2(O)CCCNC2)ccc1O. The first-order valence-corrected chi connectivity index (χ1v) is 5.44. The third-order valence-electron chi connectivity index (χ3n) is 3.07. The van der Waals surface area contributed by atoms with Gasteiger partial charge in [0, 0.05) is 12.6 Å². The van der Waals surface area contributed by atoms with Gasteiger partial charge in [-0.05, 0) is 31.0 Å². The van der Waals surface area contributed by atoms with Gasteiger partial charge < -0.3 is 15.5 Å². The van der Waals surface area contributed by atoms with Crippen LogP contribution in [0.25, 0.3) is 0 Å². The topological polar surface area (TPSA) is 95.6 Å². The van der Waals surface area contributed by atoms with E-state index in [9.17, 15) is 20.3 Å². The third kappa shape index (κ3) is 2.22. The van der Waals surface area contributed by atoms with E-state index < -0.39 is 10.5 Å². The smallest absolute Gasteiger partial charge is 0.311 e. The van der Waals surface area contributed by atoms with Gasteiger partial charge in [0.1, 0.15) is 5.60 Å². The van der Waals surface area contributed by atoms with Gasteiger partial charge in [0.05, 0.1) is 4.92 Å². The minimum atomic E-state index is -1.09. The van der Waals surface area contributed by atoms with Crippen molar-refractivity contribution < 1.29 is 15.1 Å². The van der Waals surface area contributed by atoms with E-state index in [0.29, 0.717) is 18.5 Å². The first-order chi connectivity index (χ1) is 8.03. The fraction of sp³-hybridized carbons (Fsp3) is 0.455. The molecule has 1 fully saturated rings. The molecule has 0 aromatic heterocycles. The Labute approximate surface area is 98.0 Å². The summed E-state index contributed by atoms with van der Waals surface area (Å²) in [6.07, 6.45) is 1.37. The number of rotatable bonds is 2. The highest BCUT2D eigenvalue weighted by Gasteiger charge is 2.32. The van der Waals surface area contributed by atoms with Crippen LogP contribution in [-0.4, -0.2) is 28.2 Å². The Kier molecular flexibility index (Phi) is 2.99. The van der Waals surface area contributed by atoms with Gasteiger partial charge in [-0.2, -0.15) is 0 Å². The van der Waals surface area contributed by atoms with Crippen LogP contribution in [-0.2, 0) is 5.60 Å². The van der Waals surface area contributed by atoms with Gasteiger partial charge in [-0.15, -0.1) is 0 Å². The van der Waals surface area contributed by atoms with E-state index in [2.05, 4.69) is 5.32 Å². The zero-order chi connectivity index (χ0) is 12.5. The Morgan fingerprint density at radius 1 is 1.47 bits per heavy atom. The number of phenolic OH excluding ortho intramolecular Hbond substituents is 1. The molecule has 0 bridgehead atoms. The lowest BCUT2D eigenvalue weighted by Crippen LogP contribution is -2.43. The zero-order valence-electron chi connectivity index (χ0n) is 9.22. The molecule has 6 nitrogen and oxygen atoms in total. The Hall–Kier alpha value is -1.66. The highest BCUT2D eigenvalue weighted by Crippen LogP contribution is 2.34. The summed E-state index contributed by atoms with van der Waals surface area (Å²) in [6, 6.07) is 4.01. The fourth-order valence-corrected chi connectivity index (χ4v) is 2.09. The van der Waals surface area contributed by atoms with E-state index in [-0.39, 0.29) is 11.4 Å². The molecular weight excluding hydrogens is 224 g/mol. The number of aliphatic hydroxyl groups is 1. The number of phenols is 1. The van der Waals surface area contributed by atoms with E-state index in [4.69, 9.17) is 0 Å². The molecule has 2 rings (SSSR count). The van der Waals surface area contributed by atoms with Crippen LogP contribution in [0.2, 0.25) is 0 Å². The molecule has 92 valence electrons. The van der Waals surface area contributed by atoms with Crippen LogP contribution in [0.3, 0.4) is 0 Å². The number of nitrogens with one attached hydrogen (secondary N) is 1. The molecule has 17 heavy (non-hydrogen) atoms. The zero-order valence-corrected chi connectivity index (χ0v) is 9.22. The predicted octanol–water partition coefficient (Wildman–Crippen LogP) is 0.871. The lowest BCUT2D eigenvalue weighted by Gasteiger charge is -2.32. The molecule has 1 heterocycles. The van der Waals surface area contributed by atoms with Crippen LogP contribution in [0.1, 0.15) is 18.4 Å². The first kappa shape index (κ1) is 11.8. The Morgan fingerprint density at radius 2 is 2.24 bits per heavy atom. The quantitative estimate of drug-likeness (QED) is 0.525. The van der Waals surface area contributed by atoms with Gasteiger partial charge in [-0.25, -0.2) is 0 Å². The van der Waals surface area contributed by atoms with E-state index in [0.717, 1.165) is 13.0 Å². The normalized spacial score (nSPS) is 24.5. The number of aromatic hydroxyl groups is 1. The molecule has 1 saturated heterocycles. The second kappa shape index (κ2) is 4.31. The van der Waals surface area contributed by atoms with Crippen LogP contribution < -0.4 is 5.32 Å². The highest BCUT2D eigenvalue weighted by atomic mass is 16.6. The average molecular weight is 238 g/mol. The van der Waals surface area contributed by atoms with Crippen molar-refractivity contribution in [2.75, 3.05) is 13.1 Å². The Morgan fingerprint density at radius 3 is 2.82 bits per heavy atom. The Balaban J connectivity index is 2.38. The van der Waals surface area contributed by atoms with Crippen molar-refractivity contribution >= 4 is 5.69 Å². The van der Waals surface area contributed by atoms with E-state index in [1.807, 2.05) is 0 Å². The summed E-state index contributed by atoms with van der Waals surface area (Å²) in [5.74, 6) is -0.383. The number of nitro groups is 1. The molecule has 0 saturated carbocycles. The summed E-state index contributed by atoms with van der Waals surface area (Å²) in [7, 11) is 0. The molecule has 1 aliphatic heterocycles. The molecule has 1 unspecified atom stereocenters. The molecule has 1 aromatic rings. The van der Waals surface area contributed by atoms with E-state index in [1.54, 1.807) is 0 Å². The van der Waals surface area contributed by atoms with Gasteiger partial charge in [0.25, 0.3) is 0 Å². The monoisotopic (exact) mass is 238 g/mol. The van der Waals surface area contributed by atoms with E-state index >= 15 is 0 Å². The molecular formula is C11H14N2O4. The van der Waals surface area contributed by atoms with Crippen LogP contribution in [0.5, 0.6) is 5.75 Å². The van der Waals surface area contributed by atoms with Crippen molar-refractivity contribution in [3.05, 3.63) is 33.9 Å². The van der Waals surface area contributed by atoms with Crippen molar-refractivity contribution in [1.82, 2.24) is 5.32 Å². The van der Waals surface area contributed by atoms with Crippen LogP contribution in [0.4, 0.5) is 5.69 Å². The summed E-state index contributed by atoms with van der Waals surface area (Å²) >= 11 is 0.